The van der Waals surface area contributed by atoms with E-state index in [9.17, 15) is 0 Å². The summed E-state index contributed by atoms with van der Waals surface area (Å²) >= 11 is 11.6. The SMILES string of the molecule is COCCCNC(=S)Nc1ncc(Br)nc1Br. The first-order valence-corrected chi connectivity index (χ1v) is 6.84. The number of hydrogen-bond acceptors (Lipinski definition) is 4. The van der Waals surface area contributed by atoms with Gasteiger partial charge in [-0.15, -0.1) is 0 Å². The minimum atomic E-state index is 0.512. The monoisotopic (exact) mass is 382 g/mol. The number of methoxy groups -OCH3 is 1. The Labute approximate surface area is 122 Å². The highest BCUT2D eigenvalue weighted by atomic mass is 79.9. The Morgan fingerprint density at radius 1 is 1.53 bits per heavy atom. The van der Waals surface area contributed by atoms with Crippen LogP contribution in [0.4, 0.5) is 5.82 Å². The molecule has 0 aliphatic heterocycles. The lowest BCUT2D eigenvalue weighted by Crippen LogP contribution is -2.30. The summed E-state index contributed by atoms with van der Waals surface area (Å²) in [6.45, 7) is 1.46. The zero-order valence-electron chi connectivity index (χ0n) is 9.17. The molecule has 0 aliphatic carbocycles. The quantitative estimate of drug-likeness (QED) is 0.601. The maximum Gasteiger partial charge on any atom is 0.172 e. The third-order valence-corrected chi connectivity index (χ3v) is 2.92. The molecule has 1 aromatic rings. The maximum atomic E-state index is 5.11. The molecule has 0 aliphatic rings. The molecule has 1 aromatic heterocycles. The van der Waals surface area contributed by atoms with E-state index in [-0.39, 0.29) is 0 Å². The fraction of sp³-hybridized carbons (Fsp3) is 0.444. The summed E-state index contributed by atoms with van der Waals surface area (Å²) in [6.07, 6.45) is 2.49. The molecule has 2 N–H and O–H groups in total. The van der Waals surface area contributed by atoms with E-state index in [0.717, 1.165) is 13.0 Å². The second kappa shape index (κ2) is 7.91. The van der Waals surface area contributed by atoms with Crippen LogP contribution in [0.1, 0.15) is 6.42 Å². The number of aromatic nitrogens is 2. The molecule has 0 saturated heterocycles. The van der Waals surface area contributed by atoms with Crippen molar-refractivity contribution in [3.8, 4) is 0 Å². The van der Waals surface area contributed by atoms with Crippen molar-refractivity contribution in [3.63, 3.8) is 0 Å². The zero-order valence-corrected chi connectivity index (χ0v) is 13.2. The van der Waals surface area contributed by atoms with Gasteiger partial charge in [0, 0.05) is 20.3 Å². The van der Waals surface area contributed by atoms with Gasteiger partial charge in [0.05, 0.1) is 6.20 Å². The van der Waals surface area contributed by atoms with Gasteiger partial charge in [-0.2, -0.15) is 0 Å². The Morgan fingerprint density at radius 3 is 2.94 bits per heavy atom. The van der Waals surface area contributed by atoms with Crippen molar-refractivity contribution >= 4 is 55.0 Å². The fourth-order valence-corrected chi connectivity index (χ4v) is 2.11. The Morgan fingerprint density at radius 2 is 2.29 bits per heavy atom. The molecule has 0 saturated carbocycles. The van der Waals surface area contributed by atoms with Crippen LogP contribution >= 0.6 is 44.1 Å². The van der Waals surface area contributed by atoms with Crippen LogP contribution in [0.25, 0.3) is 0 Å². The number of nitrogens with zero attached hydrogens (tertiary/aromatic N) is 2. The van der Waals surface area contributed by atoms with Gasteiger partial charge in [0.2, 0.25) is 0 Å². The highest BCUT2D eigenvalue weighted by Gasteiger charge is 2.05. The van der Waals surface area contributed by atoms with Crippen LogP contribution in [-0.2, 0) is 4.74 Å². The summed E-state index contributed by atoms with van der Waals surface area (Å²) in [4.78, 5) is 8.28. The average Bonchev–Trinajstić information content (AvgIpc) is 2.28. The Hall–Kier alpha value is -0.310. The van der Waals surface area contributed by atoms with Crippen molar-refractivity contribution < 1.29 is 4.74 Å². The smallest absolute Gasteiger partial charge is 0.172 e. The molecule has 0 spiro atoms. The van der Waals surface area contributed by atoms with Crippen LogP contribution in [0, 0.1) is 0 Å². The predicted octanol–water partition coefficient (Wildman–Crippen LogP) is 2.32. The molecule has 0 fully saturated rings. The number of thiocarbonyl (C=S) groups is 1. The van der Waals surface area contributed by atoms with Gasteiger partial charge in [-0.3, -0.25) is 0 Å². The summed E-state index contributed by atoms with van der Waals surface area (Å²) in [5, 5.41) is 6.51. The highest BCUT2D eigenvalue weighted by molar-refractivity contribution is 9.11. The summed E-state index contributed by atoms with van der Waals surface area (Å²) in [7, 11) is 1.67. The average molecular weight is 384 g/mol. The molecular formula is C9H12Br2N4OS. The normalized spacial score (nSPS) is 10.1. The van der Waals surface area contributed by atoms with Gasteiger partial charge in [0.25, 0.3) is 0 Å². The molecular weight excluding hydrogens is 372 g/mol. The zero-order chi connectivity index (χ0) is 12.7. The second-order valence-electron chi connectivity index (χ2n) is 3.06. The summed E-state index contributed by atoms with van der Waals surface area (Å²) < 4.78 is 6.20. The van der Waals surface area contributed by atoms with Crippen molar-refractivity contribution in [2.75, 3.05) is 25.6 Å². The van der Waals surface area contributed by atoms with Crippen LogP contribution in [-0.4, -0.2) is 35.3 Å². The third kappa shape index (κ3) is 5.71. The first-order valence-electron chi connectivity index (χ1n) is 4.85. The van der Waals surface area contributed by atoms with Crippen molar-refractivity contribution in [3.05, 3.63) is 15.4 Å². The van der Waals surface area contributed by atoms with Crippen LogP contribution in [0.2, 0.25) is 0 Å². The van der Waals surface area contributed by atoms with E-state index in [1.807, 2.05) is 0 Å². The van der Waals surface area contributed by atoms with Crippen molar-refractivity contribution in [2.45, 2.75) is 6.42 Å². The van der Waals surface area contributed by atoms with Crippen LogP contribution in [0.15, 0.2) is 15.4 Å². The number of anilines is 1. The Balaban J connectivity index is 2.40. The second-order valence-corrected chi connectivity index (χ2v) is 5.03. The van der Waals surface area contributed by atoms with Gasteiger partial charge < -0.3 is 15.4 Å². The molecule has 5 nitrogen and oxygen atoms in total. The van der Waals surface area contributed by atoms with Crippen LogP contribution < -0.4 is 10.6 Å². The van der Waals surface area contributed by atoms with Gasteiger partial charge in [-0.1, -0.05) is 0 Å². The lowest BCUT2D eigenvalue weighted by Gasteiger charge is -2.10. The van der Waals surface area contributed by atoms with E-state index in [1.165, 1.54) is 0 Å². The van der Waals surface area contributed by atoms with E-state index < -0.39 is 0 Å². The van der Waals surface area contributed by atoms with E-state index in [0.29, 0.717) is 26.7 Å². The number of halogens is 2. The lowest BCUT2D eigenvalue weighted by atomic mass is 10.4. The first-order chi connectivity index (χ1) is 8.13. The highest BCUT2D eigenvalue weighted by Crippen LogP contribution is 2.18. The lowest BCUT2D eigenvalue weighted by molar-refractivity contribution is 0.196. The molecule has 1 rings (SSSR count). The molecule has 0 unspecified atom stereocenters. The Kier molecular flexibility index (Phi) is 6.86. The van der Waals surface area contributed by atoms with Crippen LogP contribution in [0.5, 0.6) is 0 Å². The topological polar surface area (TPSA) is 59.1 Å². The number of hydrogen-bond donors (Lipinski definition) is 2. The Bertz CT molecular complexity index is 391. The molecule has 17 heavy (non-hydrogen) atoms. The number of rotatable bonds is 5. The van der Waals surface area contributed by atoms with Gasteiger partial charge in [0.15, 0.2) is 10.9 Å². The largest absolute Gasteiger partial charge is 0.385 e. The van der Waals surface area contributed by atoms with Crippen molar-refractivity contribution in [2.24, 2.45) is 0 Å². The molecule has 8 heteroatoms. The van der Waals surface area contributed by atoms with E-state index in [2.05, 4.69) is 52.5 Å². The number of nitrogens with one attached hydrogen (secondary N) is 2. The minimum Gasteiger partial charge on any atom is -0.385 e. The summed E-state index contributed by atoms with van der Waals surface area (Å²) in [6, 6.07) is 0. The number of ether oxygens (including phenoxy) is 1. The maximum absolute atomic E-state index is 5.11. The fourth-order valence-electron chi connectivity index (χ4n) is 1.00. The first kappa shape index (κ1) is 14.7. The van der Waals surface area contributed by atoms with Gasteiger partial charge >= 0.3 is 0 Å². The third-order valence-electron chi connectivity index (χ3n) is 1.74. The van der Waals surface area contributed by atoms with Gasteiger partial charge in [-0.25, -0.2) is 9.97 Å². The molecule has 94 valence electrons. The van der Waals surface area contributed by atoms with Crippen molar-refractivity contribution in [1.29, 1.82) is 0 Å². The molecule has 0 atom stereocenters. The minimum absolute atomic E-state index is 0.512. The summed E-state index contributed by atoms with van der Waals surface area (Å²) in [5.41, 5.74) is 0. The molecule has 0 radical (unpaired) electrons. The van der Waals surface area contributed by atoms with Crippen LogP contribution in [0.3, 0.4) is 0 Å². The summed E-state index contributed by atoms with van der Waals surface area (Å²) in [5.74, 6) is 0.581. The van der Waals surface area contributed by atoms with Gasteiger partial charge in [-0.05, 0) is 50.5 Å². The van der Waals surface area contributed by atoms with Crippen molar-refractivity contribution in [1.82, 2.24) is 15.3 Å². The van der Waals surface area contributed by atoms with Gasteiger partial charge in [0.1, 0.15) is 9.21 Å². The molecule has 1 heterocycles. The van der Waals surface area contributed by atoms with E-state index >= 15 is 0 Å². The predicted molar refractivity (Wildman–Crippen MR) is 78.1 cm³/mol. The molecule has 0 aromatic carbocycles. The standard InChI is InChI=1S/C9H12Br2N4OS/c1-16-4-2-3-12-9(17)15-8-7(11)14-6(10)5-13-8/h5H,2-4H2,1H3,(H2,12,13,15,17). The van der Waals surface area contributed by atoms with E-state index in [4.69, 9.17) is 17.0 Å². The van der Waals surface area contributed by atoms with E-state index in [1.54, 1.807) is 13.3 Å². The molecule has 0 amide bonds. The molecule has 0 bridgehead atoms.